The van der Waals surface area contributed by atoms with Gasteiger partial charge in [-0.3, -0.25) is 4.79 Å². The zero-order chi connectivity index (χ0) is 28.7. The number of alkyl halides is 3. The number of hydrogen-bond acceptors (Lipinski definition) is 8. The number of carbonyl (C=O) groups is 2. The van der Waals surface area contributed by atoms with E-state index < -0.39 is 84.4 Å². The predicted octanol–water partition coefficient (Wildman–Crippen LogP) is 4.88. The molecular weight excluding hydrogens is 569 g/mol. The zero-order valence-electron chi connectivity index (χ0n) is 18.8. The lowest BCUT2D eigenvalue weighted by molar-refractivity contribution is -0.120. The van der Waals surface area contributed by atoms with E-state index in [-0.39, 0.29) is 29.4 Å². The maximum Gasteiger partial charge on any atom is 0.534 e. The van der Waals surface area contributed by atoms with Crippen LogP contribution < -0.4 is 13.7 Å². The first-order valence-corrected chi connectivity index (χ1v) is 11.7. The molecule has 0 bridgehead atoms. The molecule has 1 spiro atoms. The summed E-state index contributed by atoms with van der Waals surface area (Å²) < 4.78 is 141. The summed E-state index contributed by atoms with van der Waals surface area (Å²) in [6, 6.07) is 4.04. The highest BCUT2D eigenvalue weighted by Crippen LogP contribution is 2.59. The summed E-state index contributed by atoms with van der Waals surface area (Å²) in [5.74, 6) is -12.7. The maximum absolute atomic E-state index is 15.5. The van der Waals surface area contributed by atoms with Gasteiger partial charge in [-0.25, -0.2) is 18.0 Å². The molecule has 5 rings (SSSR count). The molecule has 8 nitrogen and oxygen atoms in total. The fourth-order valence-electron chi connectivity index (χ4n) is 4.25. The number of carbonyl (C=O) groups excluding carboxylic acids is 2. The number of esters is 1. The summed E-state index contributed by atoms with van der Waals surface area (Å²) in [4.78, 5) is 23.7. The molecule has 0 fully saturated rings. The molecule has 0 amide bonds. The van der Waals surface area contributed by atoms with Crippen molar-refractivity contribution >= 4 is 22.6 Å². The summed E-state index contributed by atoms with van der Waals surface area (Å²) in [5.41, 5.74) is -11.5. The minimum Gasteiger partial charge on any atom is -0.450 e. The Labute approximate surface area is 212 Å². The van der Waals surface area contributed by atoms with Crippen molar-refractivity contribution in [3.8, 4) is 23.0 Å². The molecule has 39 heavy (non-hydrogen) atoms. The Morgan fingerprint density at radius 2 is 1.54 bits per heavy atom. The topological polar surface area (TPSA) is 105 Å². The molecule has 204 valence electrons. The minimum absolute atomic E-state index is 0.00928. The first-order chi connectivity index (χ1) is 18.1. The van der Waals surface area contributed by atoms with Crippen molar-refractivity contribution in [2.75, 3.05) is 0 Å². The smallest absolute Gasteiger partial charge is 0.450 e. The molecule has 3 aromatic rings. The van der Waals surface area contributed by atoms with E-state index >= 15 is 13.2 Å². The van der Waals surface area contributed by atoms with Crippen molar-refractivity contribution in [1.82, 2.24) is 0 Å². The normalized spacial score (nSPS) is 17.6. The summed E-state index contributed by atoms with van der Waals surface area (Å²) in [6.45, 7) is 0.942. The van der Waals surface area contributed by atoms with Crippen LogP contribution in [0, 0.1) is 30.2 Å². The number of fused-ring (bicyclic) bond motifs is 6. The summed E-state index contributed by atoms with van der Waals surface area (Å²) in [7, 11) is -6.59. The molecule has 2 aliphatic rings. The molecule has 0 aromatic heterocycles. The van der Waals surface area contributed by atoms with Gasteiger partial charge in [-0.2, -0.15) is 26.0 Å². The van der Waals surface area contributed by atoms with Crippen molar-refractivity contribution in [2.24, 2.45) is 0 Å². The summed E-state index contributed by atoms with van der Waals surface area (Å²) in [5, 5.41) is 0. The Balaban J connectivity index is 1.88. The lowest BCUT2D eigenvalue weighted by atomic mass is 9.77. The molecule has 0 radical (unpaired) electrons. The molecule has 0 saturated carbocycles. The van der Waals surface area contributed by atoms with Crippen molar-refractivity contribution in [1.29, 1.82) is 0 Å². The lowest BCUT2D eigenvalue weighted by Crippen LogP contribution is -2.35. The number of halogens is 7. The van der Waals surface area contributed by atoms with Gasteiger partial charge in [0.15, 0.2) is 28.7 Å². The van der Waals surface area contributed by atoms with Crippen LogP contribution in [0.3, 0.4) is 0 Å². The third-order valence-corrected chi connectivity index (χ3v) is 6.95. The van der Waals surface area contributed by atoms with E-state index in [1.807, 2.05) is 0 Å². The van der Waals surface area contributed by atoms with Crippen LogP contribution in [0.1, 0.15) is 32.6 Å². The molecule has 2 aliphatic heterocycles. The number of hydrogen-bond donors (Lipinski definition) is 0. The predicted molar refractivity (Wildman–Crippen MR) is 112 cm³/mol. The van der Waals surface area contributed by atoms with Gasteiger partial charge < -0.3 is 18.4 Å². The highest BCUT2D eigenvalue weighted by Gasteiger charge is 2.57. The Morgan fingerprint density at radius 3 is 2.15 bits per heavy atom. The van der Waals surface area contributed by atoms with E-state index in [1.165, 1.54) is 0 Å². The number of ether oxygens (including phenoxy) is 3. The van der Waals surface area contributed by atoms with Gasteiger partial charge in [0.05, 0.1) is 16.7 Å². The highest BCUT2D eigenvalue weighted by molar-refractivity contribution is 7.88. The van der Waals surface area contributed by atoms with Gasteiger partial charge >= 0.3 is 21.6 Å². The molecule has 1 unspecified atom stereocenters. The van der Waals surface area contributed by atoms with Crippen LogP contribution in [0.5, 0.6) is 23.0 Å². The van der Waals surface area contributed by atoms with E-state index in [0.717, 1.165) is 25.1 Å². The molecule has 0 aliphatic carbocycles. The van der Waals surface area contributed by atoms with E-state index in [1.54, 1.807) is 0 Å². The minimum atomic E-state index is -6.59. The maximum atomic E-state index is 15.5. The van der Waals surface area contributed by atoms with Crippen LogP contribution in [0.15, 0.2) is 30.3 Å². The van der Waals surface area contributed by atoms with E-state index in [2.05, 4.69) is 4.18 Å². The number of benzene rings is 3. The third-order valence-electron chi connectivity index (χ3n) is 5.99. The second kappa shape index (κ2) is 8.33. The van der Waals surface area contributed by atoms with Gasteiger partial charge in [-0.1, -0.05) is 0 Å². The quantitative estimate of drug-likeness (QED) is 0.142. The fourth-order valence-corrected chi connectivity index (χ4v) is 4.72. The van der Waals surface area contributed by atoms with Gasteiger partial charge in [0.25, 0.3) is 6.47 Å². The lowest BCUT2D eigenvalue weighted by Gasteiger charge is -2.37. The molecule has 0 saturated heterocycles. The van der Waals surface area contributed by atoms with Crippen LogP contribution in [0.25, 0.3) is 0 Å². The monoisotopic (exact) mass is 578 g/mol. The summed E-state index contributed by atoms with van der Waals surface area (Å²) >= 11 is 0. The second-order valence-electron chi connectivity index (χ2n) is 8.13. The molecule has 0 N–H and O–H groups in total. The first kappa shape index (κ1) is 26.3. The van der Waals surface area contributed by atoms with Gasteiger partial charge in [-0.15, -0.1) is 0 Å². The third kappa shape index (κ3) is 3.61. The van der Waals surface area contributed by atoms with E-state index in [4.69, 9.17) is 14.2 Å². The van der Waals surface area contributed by atoms with Gasteiger partial charge in [0, 0.05) is 11.1 Å². The second-order valence-corrected chi connectivity index (χ2v) is 9.67. The van der Waals surface area contributed by atoms with Crippen LogP contribution in [0.2, 0.25) is 0 Å². The van der Waals surface area contributed by atoms with Gasteiger partial charge in [0.2, 0.25) is 11.6 Å². The standard InChI is InChI=1S/C23H9F7O8S/c1-8-14(24)5-12-18(16(8)26)36-19-13(6-15(25)20(17(19)27)38-39(33,34)23(28,29)30)22(12)11-4-9(35-7-31)2-3-10(11)21(32)37-22/h2-7H,1H3. The van der Waals surface area contributed by atoms with Crippen molar-refractivity contribution in [3.05, 3.63) is 81.4 Å². The Morgan fingerprint density at radius 1 is 0.923 bits per heavy atom. The first-order valence-electron chi connectivity index (χ1n) is 10.3. The fraction of sp³-hybridized carbons (Fsp3) is 0.130. The highest BCUT2D eigenvalue weighted by atomic mass is 32.2. The van der Waals surface area contributed by atoms with Crippen LogP contribution in [0.4, 0.5) is 30.7 Å². The summed E-state index contributed by atoms with van der Waals surface area (Å²) in [6.07, 6.45) is 0. The molecule has 16 heteroatoms. The average Bonchev–Trinajstić information content (AvgIpc) is 3.14. The largest absolute Gasteiger partial charge is 0.534 e. The van der Waals surface area contributed by atoms with Crippen LogP contribution in [-0.4, -0.2) is 26.4 Å². The Bertz CT molecular complexity index is 1720. The van der Waals surface area contributed by atoms with Gasteiger partial charge in [-0.05, 0) is 37.3 Å². The Kier molecular flexibility index (Phi) is 5.61. The van der Waals surface area contributed by atoms with Crippen LogP contribution >= 0.6 is 0 Å². The number of rotatable bonds is 4. The molecule has 3 aromatic carbocycles. The molecule has 1 atom stereocenters. The van der Waals surface area contributed by atoms with Crippen molar-refractivity contribution < 1.29 is 67.1 Å². The Hall–Kier alpha value is -4.34. The van der Waals surface area contributed by atoms with Crippen molar-refractivity contribution in [2.45, 2.75) is 18.0 Å². The molecular formula is C23H9F7O8S. The van der Waals surface area contributed by atoms with Gasteiger partial charge in [0.1, 0.15) is 11.6 Å². The van der Waals surface area contributed by atoms with Crippen molar-refractivity contribution in [3.63, 3.8) is 0 Å². The zero-order valence-corrected chi connectivity index (χ0v) is 19.6. The van der Waals surface area contributed by atoms with E-state index in [9.17, 15) is 35.6 Å². The SMILES string of the molecule is Cc1c(F)cc2c(c1F)Oc1c(cc(F)c(OS(=O)(=O)C(F)(F)F)c1F)C21OC(=O)c2ccc(OC=O)cc21. The molecule has 2 heterocycles. The van der Waals surface area contributed by atoms with E-state index in [0.29, 0.717) is 6.07 Å². The average molecular weight is 578 g/mol. The van der Waals surface area contributed by atoms with Crippen LogP contribution in [-0.2, 0) is 25.3 Å².